The van der Waals surface area contributed by atoms with Crippen LogP contribution < -0.4 is 4.90 Å². The van der Waals surface area contributed by atoms with Gasteiger partial charge < -0.3 is 14.2 Å². The number of ether oxygens (including phenoxy) is 1. The molecule has 122 valence electrons. The van der Waals surface area contributed by atoms with Gasteiger partial charge in [-0.2, -0.15) is 0 Å². The minimum absolute atomic E-state index is 0.316. The van der Waals surface area contributed by atoms with Crippen LogP contribution in [0.1, 0.15) is 16.1 Å². The minimum atomic E-state index is -0.463. The monoisotopic (exact) mass is 320 g/mol. The van der Waals surface area contributed by atoms with E-state index < -0.39 is 5.97 Å². The molecule has 0 radical (unpaired) electrons. The van der Waals surface area contributed by atoms with Gasteiger partial charge >= 0.3 is 5.97 Å². The molecule has 8 heteroatoms. The number of pyridine rings is 1. The van der Waals surface area contributed by atoms with E-state index in [1.165, 1.54) is 19.4 Å². The Kier molecular flexibility index (Phi) is 4.52. The highest BCUT2D eigenvalue weighted by Crippen LogP contribution is 2.19. The quantitative estimate of drug-likeness (QED) is 0.787. The van der Waals surface area contributed by atoms with E-state index in [1.807, 2.05) is 4.90 Å². The van der Waals surface area contributed by atoms with Crippen molar-refractivity contribution in [3.05, 3.63) is 41.7 Å². The smallest absolute Gasteiger partial charge is 0.343 e. The van der Waals surface area contributed by atoms with Crippen molar-refractivity contribution in [1.29, 1.82) is 0 Å². The van der Waals surface area contributed by atoms with E-state index in [2.05, 4.69) is 15.0 Å². The van der Waals surface area contributed by atoms with Gasteiger partial charge in [-0.05, 0) is 12.1 Å². The van der Waals surface area contributed by atoms with Crippen molar-refractivity contribution < 1.29 is 18.4 Å². The number of hydrogen-bond acceptors (Lipinski definition) is 7. The Bertz CT molecular complexity index is 683. The van der Waals surface area contributed by atoms with Gasteiger partial charge in [0, 0.05) is 32.4 Å². The summed E-state index contributed by atoms with van der Waals surface area (Å²) in [6, 6.07) is 2.99. The lowest BCUT2D eigenvalue weighted by molar-refractivity contribution is 0.0596. The van der Waals surface area contributed by atoms with Crippen molar-refractivity contribution in [3.8, 4) is 0 Å². The van der Waals surface area contributed by atoms with Gasteiger partial charge in [0.05, 0.1) is 19.9 Å². The van der Waals surface area contributed by atoms with Gasteiger partial charge in [0.1, 0.15) is 5.56 Å². The average molecular weight is 320 g/mol. The zero-order chi connectivity index (χ0) is 16.2. The number of esters is 1. The topological polar surface area (TPSA) is 71.7 Å². The number of halogens is 1. The van der Waals surface area contributed by atoms with Crippen LogP contribution in [0.4, 0.5) is 10.2 Å². The molecular weight excluding hydrogens is 303 g/mol. The molecule has 2 aromatic heterocycles. The molecule has 3 rings (SSSR count). The third kappa shape index (κ3) is 3.31. The first-order chi connectivity index (χ1) is 11.2. The first-order valence-electron chi connectivity index (χ1n) is 7.28. The molecule has 3 heterocycles. The maximum atomic E-state index is 13.8. The third-order valence-corrected chi connectivity index (χ3v) is 3.83. The van der Waals surface area contributed by atoms with Crippen LogP contribution >= 0.6 is 0 Å². The fourth-order valence-corrected chi connectivity index (χ4v) is 2.59. The van der Waals surface area contributed by atoms with E-state index in [9.17, 15) is 9.18 Å². The van der Waals surface area contributed by atoms with E-state index in [-0.39, 0.29) is 5.82 Å². The largest absolute Gasteiger partial charge is 0.465 e. The Morgan fingerprint density at radius 2 is 2.17 bits per heavy atom. The van der Waals surface area contributed by atoms with E-state index in [0.29, 0.717) is 49.9 Å². The second-order valence-electron chi connectivity index (χ2n) is 5.23. The molecule has 1 saturated heterocycles. The first kappa shape index (κ1) is 15.4. The fraction of sp³-hybridized carbons (Fsp3) is 0.400. The van der Waals surface area contributed by atoms with Crippen molar-refractivity contribution >= 4 is 11.8 Å². The second-order valence-corrected chi connectivity index (χ2v) is 5.23. The van der Waals surface area contributed by atoms with Crippen LogP contribution in [-0.4, -0.2) is 54.3 Å². The van der Waals surface area contributed by atoms with Crippen molar-refractivity contribution in [1.82, 2.24) is 15.0 Å². The predicted molar refractivity (Wildman–Crippen MR) is 79.5 cm³/mol. The molecule has 0 aliphatic carbocycles. The van der Waals surface area contributed by atoms with Crippen molar-refractivity contribution in [2.45, 2.75) is 6.54 Å². The van der Waals surface area contributed by atoms with E-state index >= 15 is 0 Å². The Morgan fingerprint density at radius 3 is 2.87 bits per heavy atom. The van der Waals surface area contributed by atoms with Crippen molar-refractivity contribution in [2.75, 3.05) is 38.2 Å². The summed E-state index contributed by atoms with van der Waals surface area (Å²) in [4.78, 5) is 19.7. The zero-order valence-corrected chi connectivity index (χ0v) is 12.7. The molecule has 7 nitrogen and oxygen atoms in total. The molecule has 23 heavy (non-hydrogen) atoms. The number of rotatable bonds is 4. The van der Waals surface area contributed by atoms with Crippen LogP contribution in [0.25, 0.3) is 0 Å². The normalized spacial score (nSPS) is 15.7. The molecule has 0 amide bonds. The zero-order valence-electron chi connectivity index (χ0n) is 12.7. The number of aromatic nitrogens is 2. The lowest BCUT2D eigenvalue weighted by atomic mass is 10.2. The number of hydrogen-bond donors (Lipinski definition) is 0. The lowest BCUT2D eigenvalue weighted by Gasteiger charge is -2.34. The summed E-state index contributed by atoms with van der Waals surface area (Å²) in [6.45, 7) is 3.17. The maximum absolute atomic E-state index is 13.8. The molecule has 1 aliphatic rings. The van der Waals surface area contributed by atoms with Crippen LogP contribution in [0.3, 0.4) is 0 Å². The van der Waals surface area contributed by atoms with Crippen LogP contribution in [0, 0.1) is 5.82 Å². The third-order valence-electron chi connectivity index (χ3n) is 3.83. The number of piperazine rings is 1. The van der Waals surface area contributed by atoms with Gasteiger partial charge in [-0.3, -0.25) is 4.90 Å². The Balaban J connectivity index is 1.61. The predicted octanol–water partition coefficient (Wildman–Crippen LogP) is 1.32. The summed E-state index contributed by atoms with van der Waals surface area (Å²) in [5.41, 5.74) is 0.339. The highest BCUT2D eigenvalue weighted by atomic mass is 19.1. The summed E-state index contributed by atoms with van der Waals surface area (Å²) in [5.74, 6) is 0.0796. The Labute approximate surface area is 132 Å². The highest BCUT2D eigenvalue weighted by Gasteiger charge is 2.24. The van der Waals surface area contributed by atoms with Gasteiger partial charge in [-0.1, -0.05) is 5.16 Å². The van der Waals surface area contributed by atoms with Crippen molar-refractivity contribution in [2.24, 2.45) is 0 Å². The molecule has 2 aromatic rings. The molecule has 0 saturated carbocycles. The number of carbonyl (C=O) groups is 1. The summed E-state index contributed by atoms with van der Waals surface area (Å²) < 4.78 is 23.6. The molecule has 0 N–H and O–H groups in total. The molecular formula is C15H17FN4O3. The fourth-order valence-electron chi connectivity index (χ4n) is 2.59. The van der Waals surface area contributed by atoms with E-state index in [0.717, 1.165) is 0 Å². The van der Waals surface area contributed by atoms with Gasteiger partial charge in [0.2, 0.25) is 0 Å². The molecule has 0 unspecified atom stereocenters. The molecule has 0 spiro atoms. The van der Waals surface area contributed by atoms with Gasteiger partial charge in [0.25, 0.3) is 0 Å². The average Bonchev–Trinajstić information content (AvgIpc) is 3.03. The number of carbonyl (C=O) groups excluding carboxylic acids is 1. The lowest BCUT2D eigenvalue weighted by Crippen LogP contribution is -2.46. The van der Waals surface area contributed by atoms with Crippen LogP contribution in [0.5, 0.6) is 0 Å². The molecule has 1 aliphatic heterocycles. The van der Waals surface area contributed by atoms with Crippen molar-refractivity contribution in [3.63, 3.8) is 0 Å². The van der Waals surface area contributed by atoms with Crippen LogP contribution in [-0.2, 0) is 11.3 Å². The number of nitrogens with zero attached hydrogens (tertiary/aromatic N) is 4. The van der Waals surface area contributed by atoms with Gasteiger partial charge in [-0.15, -0.1) is 0 Å². The molecule has 0 atom stereocenters. The first-order valence-corrected chi connectivity index (χ1v) is 7.28. The Hall–Kier alpha value is -2.48. The highest BCUT2D eigenvalue weighted by molar-refractivity contribution is 5.89. The summed E-state index contributed by atoms with van der Waals surface area (Å²) >= 11 is 0. The molecule has 0 bridgehead atoms. The SMILES string of the molecule is COC(=O)c1cnoc1CN1CCN(c2ncccc2F)CC1. The Morgan fingerprint density at radius 1 is 1.39 bits per heavy atom. The maximum Gasteiger partial charge on any atom is 0.343 e. The number of methoxy groups -OCH3 is 1. The summed E-state index contributed by atoms with van der Waals surface area (Å²) in [6.07, 6.45) is 2.95. The second kappa shape index (κ2) is 6.74. The standard InChI is InChI=1S/C15H17FN4O3/c1-22-15(21)11-9-18-23-13(11)10-19-5-7-20(8-6-19)14-12(16)3-2-4-17-14/h2-4,9H,5-8,10H2,1H3. The summed E-state index contributed by atoms with van der Waals surface area (Å²) in [7, 11) is 1.32. The molecule has 1 fully saturated rings. The minimum Gasteiger partial charge on any atom is -0.465 e. The van der Waals surface area contributed by atoms with Gasteiger partial charge in [-0.25, -0.2) is 14.2 Å². The molecule has 0 aromatic carbocycles. The number of anilines is 1. The van der Waals surface area contributed by atoms with E-state index in [1.54, 1.807) is 12.3 Å². The van der Waals surface area contributed by atoms with E-state index in [4.69, 9.17) is 9.26 Å². The van der Waals surface area contributed by atoms with Crippen LogP contribution in [0.15, 0.2) is 29.0 Å². The summed E-state index contributed by atoms with van der Waals surface area (Å²) in [5, 5.41) is 3.66. The van der Waals surface area contributed by atoms with Gasteiger partial charge in [0.15, 0.2) is 17.4 Å². The van der Waals surface area contributed by atoms with Crippen LogP contribution in [0.2, 0.25) is 0 Å².